The molecule has 2 aromatic carbocycles. The first-order valence-corrected chi connectivity index (χ1v) is 11.6. The lowest BCUT2D eigenvalue weighted by molar-refractivity contribution is -0.139. The first-order chi connectivity index (χ1) is 17.5. The first-order valence-electron chi connectivity index (χ1n) is 10.8. The molecule has 1 heterocycles. The van der Waals surface area contributed by atoms with Gasteiger partial charge in [-0.25, -0.2) is 4.79 Å². The van der Waals surface area contributed by atoms with E-state index >= 15 is 0 Å². The third kappa shape index (κ3) is 6.42. The number of nitrogens with one attached hydrogen (secondary N) is 1. The topological polar surface area (TPSA) is 124 Å². The molecule has 0 aliphatic carbocycles. The molecular weight excluding hydrogens is 559 g/mol. The number of alkyl halides is 3. The van der Waals surface area contributed by atoms with Crippen molar-refractivity contribution >= 4 is 33.5 Å². The molecule has 0 bridgehead atoms. The number of nitrogens with zero attached hydrogens (tertiary/aromatic N) is 1. The van der Waals surface area contributed by atoms with Crippen molar-refractivity contribution in [1.29, 1.82) is 5.26 Å². The van der Waals surface area contributed by atoms with Gasteiger partial charge in [-0.2, -0.15) is 18.4 Å². The molecule has 0 aromatic heterocycles. The van der Waals surface area contributed by atoms with Crippen LogP contribution in [-0.2, 0) is 25.2 Å². The second kappa shape index (κ2) is 11.4. The van der Waals surface area contributed by atoms with Crippen LogP contribution in [0.4, 0.5) is 18.9 Å². The smallest absolute Gasteiger partial charge is 0.416 e. The fraction of sp³-hybridized carbons (Fsp3) is 0.240. The molecule has 12 heteroatoms. The molecule has 0 radical (unpaired) electrons. The van der Waals surface area contributed by atoms with Crippen LogP contribution in [0, 0.1) is 11.3 Å². The largest absolute Gasteiger partial charge is 0.483 e. The molecule has 0 spiro atoms. The fourth-order valence-corrected chi connectivity index (χ4v) is 4.03. The number of benzene rings is 2. The van der Waals surface area contributed by atoms with Crippen LogP contribution in [0.5, 0.6) is 5.75 Å². The second-order valence-electron chi connectivity index (χ2n) is 7.71. The number of hydrogen-bond donors (Lipinski definition) is 2. The molecule has 0 saturated carbocycles. The number of esters is 1. The minimum Gasteiger partial charge on any atom is -0.483 e. The Morgan fingerprint density at radius 3 is 2.62 bits per heavy atom. The van der Waals surface area contributed by atoms with Crippen molar-refractivity contribution in [2.75, 3.05) is 18.5 Å². The van der Waals surface area contributed by atoms with Gasteiger partial charge in [-0.1, -0.05) is 22.0 Å². The van der Waals surface area contributed by atoms with E-state index in [0.29, 0.717) is 10.0 Å². The summed E-state index contributed by atoms with van der Waals surface area (Å²) < 4.78 is 55.7. The van der Waals surface area contributed by atoms with Gasteiger partial charge in [0.25, 0.3) is 5.91 Å². The molecule has 3 rings (SSSR count). The Balaban J connectivity index is 1.92. The van der Waals surface area contributed by atoms with Gasteiger partial charge in [0.2, 0.25) is 5.88 Å². The third-order valence-corrected chi connectivity index (χ3v) is 5.71. The zero-order chi connectivity index (χ0) is 27.3. The summed E-state index contributed by atoms with van der Waals surface area (Å²) in [5.74, 6) is -2.42. The number of nitriles is 1. The Kier molecular flexibility index (Phi) is 8.49. The van der Waals surface area contributed by atoms with E-state index in [-0.39, 0.29) is 40.8 Å². The molecule has 0 fully saturated rings. The SMILES string of the molecule is CCOC(=O)C1=C(C)OC(N)=C(C#N)C1c1cc(Br)ccc1OCC(=O)Nc1cccc(C(F)(F)F)c1. The molecule has 2 aromatic rings. The van der Waals surface area contributed by atoms with E-state index in [1.807, 2.05) is 6.07 Å². The number of halogens is 4. The maximum Gasteiger partial charge on any atom is 0.416 e. The van der Waals surface area contributed by atoms with Gasteiger partial charge in [0, 0.05) is 15.7 Å². The van der Waals surface area contributed by atoms with Crippen molar-refractivity contribution in [2.24, 2.45) is 5.73 Å². The molecule has 194 valence electrons. The Bertz CT molecular complexity index is 1330. The Hall–Kier alpha value is -3.98. The van der Waals surface area contributed by atoms with Gasteiger partial charge in [-0.3, -0.25) is 4.79 Å². The van der Waals surface area contributed by atoms with Crippen molar-refractivity contribution in [3.8, 4) is 11.8 Å². The summed E-state index contributed by atoms with van der Waals surface area (Å²) in [5, 5.41) is 12.1. The lowest BCUT2D eigenvalue weighted by Crippen LogP contribution is -2.26. The number of amides is 1. The molecule has 1 amide bonds. The predicted molar refractivity (Wildman–Crippen MR) is 130 cm³/mol. The van der Waals surface area contributed by atoms with E-state index < -0.39 is 36.1 Å². The van der Waals surface area contributed by atoms with Gasteiger partial charge in [-0.15, -0.1) is 0 Å². The minimum atomic E-state index is -4.57. The van der Waals surface area contributed by atoms with E-state index in [9.17, 15) is 28.0 Å². The highest BCUT2D eigenvalue weighted by Crippen LogP contribution is 2.44. The maximum absolute atomic E-state index is 13.0. The van der Waals surface area contributed by atoms with E-state index in [2.05, 4.69) is 21.2 Å². The molecular formula is C25H21BrF3N3O5. The van der Waals surface area contributed by atoms with Crippen LogP contribution in [0.2, 0.25) is 0 Å². The van der Waals surface area contributed by atoms with Gasteiger partial charge in [0.05, 0.1) is 23.7 Å². The van der Waals surface area contributed by atoms with Crippen molar-refractivity contribution in [3.63, 3.8) is 0 Å². The highest BCUT2D eigenvalue weighted by molar-refractivity contribution is 9.10. The summed E-state index contributed by atoms with van der Waals surface area (Å²) in [4.78, 5) is 25.3. The molecule has 37 heavy (non-hydrogen) atoms. The molecule has 1 aliphatic heterocycles. The number of allylic oxidation sites excluding steroid dienone is 2. The monoisotopic (exact) mass is 579 g/mol. The summed E-state index contributed by atoms with van der Waals surface area (Å²) >= 11 is 3.35. The lowest BCUT2D eigenvalue weighted by Gasteiger charge is -2.28. The zero-order valence-electron chi connectivity index (χ0n) is 19.6. The second-order valence-corrected chi connectivity index (χ2v) is 8.63. The Morgan fingerprint density at radius 2 is 1.97 bits per heavy atom. The zero-order valence-corrected chi connectivity index (χ0v) is 21.2. The number of carbonyl (C=O) groups excluding carboxylic acids is 2. The number of nitrogens with two attached hydrogens (primary N) is 1. The fourth-order valence-electron chi connectivity index (χ4n) is 3.66. The van der Waals surface area contributed by atoms with Crippen molar-refractivity contribution in [1.82, 2.24) is 0 Å². The van der Waals surface area contributed by atoms with E-state index in [0.717, 1.165) is 12.1 Å². The third-order valence-electron chi connectivity index (χ3n) is 5.22. The van der Waals surface area contributed by atoms with Gasteiger partial charge in [0.15, 0.2) is 6.61 Å². The average molecular weight is 580 g/mol. The first kappa shape index (κ1) is 27.6. The van der Waals surface area contributed by atoms with Crippen LogP contribution in [0.25, 0.3) is 0 Å². The average Bonchev–Trinajstić information content (AvgIpc) is 2.82. The summed E-state index contributed by atoms with van der Waals surface area (Å²) in [7, 11) is 0. The molecule has 1 unspecified atom stereocenters. The number of carbonyl (C=O) groups is 2. The van der Waals surface area contributed by atoms with Gasteiger partial charge in [0.1, 0.15) is 23.2 Å². The molecule has 1 aliphatic rings. The van der Waals surface area contributed by atoms with Crippen LogP contribution in [-0.4, -0.2) is 25.1 Å². The van der Waals surface area contributed by atoms with Gasteiger partial charge < -0.3 is 25.3 Å². The Labute approximate surface area is 218 Å². The van der Waals surface area contributed by atoms with Crippen molar-refractivity contribution in [3.05, 3.63) is 80.9 Å². The number of hydrogen-bond acceptors (Lipinski definition) is 7. The van der Waals surface area contributed by atoms with Crippen LogP contribution in [0.3, 0.4) is 0 Å². The normalized spacial score (nSPS) is 15.5. The standard InChI is InChI=1S/C25H21BrF3N3O5/c1-3-35-24(34)21-13(2)37-23(31)18(11-30)22(21)17-10-15(26)7-8-19(17)36-12-20(33)32-16-6-4-5-14(9-16)25(27,28)29/h4-10,22H,3,12,31H2,1-2H3,(H,32,33). The molecule has 3 N–H and O–H groups in total. The minimum absolute atomic E-state index is 0.0315. The van der Waals surface area contributed by atoms with E-state index in [4.69, 9.17) is 19.9 Å². The summed E-state index contributed by atoms with van der Waals surface area (Å²) in [6.07, 6.45) is -4.57. The summed E-state index contributed by atoms with van der Waals surface area (Å²) in [6.45, 7) is 2.62. The van der Waals surface area contributed by atoms with Crippen LogP contribution < -0.4 is 15.8 Å². The van der Waals surface area contributed by atoms with Crippen LogP contribution >= 0.6 is 15.9 Å². The highest BCUT2D eigenvalue weighted by atomic mass is 79.9. The Morgan fingerprint density at radius 1 is 1.24 bits per heavy atom. The van der Waals surface area contributed by atoms with Crippen LogP contribution in [0.1, 0.15) is 30.9 Å². The lowest BCUT2D eigenvalue weighted by atomic mass is 9.82. The maximum atomic E-state index is 13.0. The number of rotatable bonds is 7. The summed E-state index contributed by atoms with van der Waals surface area (Å²) in [5.41, 5.74) is 5.24. The van der Waals surface area contributed by atoms with E-state index in [1.54, 1.807) is 19.1 Å². The van der Waals surface area contributed by atoms with Gasteiger partial charge in [-0.05, 0) is 50.2 Å². The highest BCUT2D eigenvalue weighted by Gasteiger charge is 2.38. The summed E-state index contributed by atoms with van der Waals surface area (Å²) in [6, 6.07) is 10.8. The van der Waals surface area contributed by atoms with Crippen LogP contribution in [0.15, 0.2) is 69.7 Å². The van der Waals surface area contributed by atoms with Crippen molar-refractivity contribution in [2.45, 2.75) is 25.9 Å². The number of anilines is 1. The predicted octanol–water partition coefficient (Wildman–Crippen LogP) is 5.13. The van der Waals surface area contributed by atoms with Crippen molar-refractivity contribution < 1.29 is 37.0 Å². The molecule has 1 atom stereocenters. The molecule has 0 saturated heterocycles. The van der Waals surface area contributed by atoms with Gasteiger partial charge >= 0.3 is 12.1 Å². The number of ether oxygens (including phenoxy) is 3. The quantitative estimate of drug-likeness (QED) is 0.436. The van der Waals surface area contributed by atoms with E-state index in [1.165, 1.54) is 25.1 Å². The molecule has 8 nitrogen and oxygen atoms in total.